The van der Waals surface area contributed by atoms with Crippen LogP contribution in [0, 0.1) is 0 Å². The lowest BCUT2D eigenvalue weighted by molar-refractivity contribution is -0.136. The molecule has 300 valence electrons. The molecule has 10 rings (SSSR count). The Morgan fingerprint density at radius 3 is 2.39 bits per heavy atom. The van der Waals surface area contributed by atoms with Gasteiger partial charge in [0.05, 0.1) is 18.1 Å². The molecule has 1 aliphatic carbocycles. The zero-order valence-corrected chi connectivity index (χ0v) is 32.3. The second kappa shape index (κ2) is 15.2. The lowest BCUT2D eigenvalue weighted by Crippen LogP contribution is -2.63. The highest BCUT2D eigenvalue weighted by molar-refractivity contribution is 5.99. The smallest absolute Gasteiger partial charge is 0.278 e. The maximum Gasteiger partial charge on any atom is 0.278 e. The summed E-state index contributed by atoms with van der Waals surface area (Å²) >= 11 is 0. The van der Waals surface area contributed by atoms with Gasteiger partial charge in [-0.15, -0.1) is 5.10 Å². The molecule has 3 aliphatic heterocycles. The van der Waals surface area contributed by atoms with Gasteiger partial charge in [-0.1, -0.05) is 35.5 Å². The van der Waals surface area contributed by atoms with Crippen molar-refractivity contribution in [1.82, 2.24) is 50.0 Å². The largest absolute Gasteiger partial charge is 0.369 e. The number of carbonyl (C=O) groups is 3. The molecule has 1 atom stereocenters. The van der Waals surface area contributed by atoms with Crippen LogP contribution in [0.15, 0.2) is 90.2 Å². The standard InChI is InChI=1S/C42H43N13O4/c56-36-13-12-35(41(58)48-36)55-42(59)33-21-30(10-11-34(33)49-50-55)53-22-32(23-53)52-16-14-51(15-17-52)29-8-6-27(7-9-29)47-39-38-40(44-24-43-39)54(25-45-38)31-19-28(20-31)46-37(57)18-26-4-2-1-3-5-26/h1-11,21,24-25,28,31-32,35H,12-20,22-23H2,(H,46,57)(H,43,44,47)(H,48,56,58). The van der Waals surface area contributed by atoms with E-state index in [-0.39, 0.29) is 42.3 Å². The number of nitrogens with one attached hydrogen (secondary N) is 3. The zero-order valence-electron chi connectivity index (χ0n) is 32.3. The van der Waals surface area contributed by atoms with Crippen LogP contribution in [0.5, 0.6) is 0 Å². The minimum absolute atomic E-state index is 0.0431. The van der Waals surface area contributed by atoms with E-state index in [9.17, 15) is 19.2 Å². The first-order valence-corrected chi connectivity index (χ1v) is 20.2. The third-order valence-electron chi connectivity index (χ3n) is 12.2. The molecule has 17 nitrogen and oxygen atoms in total. The van der Waals surface area contributed by atoms with E-state index in [1.807, 2.05) is 48.8 Å². The Labute approximate surface area is 338 Å². The van der Waals surface area contributed by atoms with Crippen molar-refractivity contribution in [3.63, 3.8) is 0 Å². The number of imidazole rings is 1. The second-order valence-corrected chi connectivity index (χ2v) is 15.9. The molecule has 0 radical (unpaired) electrons. The Morgan fingerprint density at radius 1 is 0.831 bits per heavy atom. The zero-order chi connectivity index (χ0) is 40.0. The third kappa shape index (κ3) is 7.22. The van der Waals surface area contributed by atoms with E-state index < -0.39 is 11.9 Å². The fourth-order valence-corrected chi connectivity index (χ4v) is 8.70. The fraction of sp³-hybridized carbons (Fsp3) is 0.357. The van der Waals surface area contributed by atoms with Gasteiger partial charge in [-0.2, -0.15) is 4.68 Å². The van der Waals surface area contributed by atoms with Crippen LogP contribution < -0.4 is 31.3 Å². The van der Waals surface area contributed by atoms with Gasteiger partial charge in [0.25, 0.3) is 11.5 Å². The van der Waals surface area contributed by atoms with Crippen LogP contribution in [0.1, 0.15) is 43.3 Å². The molecule has 3 saturated heterocycles. The SMILES string of the molecule is O=C1CCC(n2nnc3ccc(N4CC(N5CCN(c6ccc(Nc7ncnc8c7ncn8C7CC(NC(=O)Cc8ccccc8)C7)cc6)CC5)C4)cc3c2=O)C(=O)N1. The number of benzene rings is 3. The molecule has 4 aliphatic rings. The maximum absolute atomic E-state index is 13.4. The topological polar surface area (TPSA) is 188 Å². The molecule has 3 N–H and O–H groups in total. The van der Waals surface area contributed by atoms with Crippen molar-refractivity contribution >= 4 is 62.7 Å². The maximum atomic E-state index is 13.4. The molecule has 59 heavy (non-hydrogen) atoms. The number of piperazine rings is 1. The highest BCUT2D eigenvalue weighted by Crippen LogP contribution is 2.35. The van der Waals surface area contributed by atoms with Gasteiger partial charge in [0, 0.05) is 80.9 Å². The Bertz CT molecular complexity index is 2610. The number of amides is 3. The van der Waals surface area contributed by atoms with Crippen LogP contribution in [-0.2, 0) is 20.8 Å². The van der Waals surface area contributed by atoms with Crippen molar-refractivity contribution in [3.05, 3.63) is 101 Å². The van der Waals surface area contributed by atoms with Crippen LogP contribution in [0.4, 0.5) is 22.9 Å². The minimum atomic E-state index is -0.851. The van der Waals surface area contributed by atoms with E-state index >= 15 is 0 Å². The van der Waals surface area contributed by atoms with Crippen molar-refractivity contribution in [3.8, 4) is 0 Å². The van der Waals surface area contributed by atoms with Crippen LogP contribution in [0.25, 0.3) is 22.1 Å². The summed E-state index contributed by atoms with van der Waals surface area (Å²) in [5.74, 6) is -0.178. The average molecular weight is 794 g/mol. The molecule has 0 bridgehead atoms. The average Bonchev–Trinajstić information content (AvgIpc) is 3.65. The molecular formula is C42H43N13O4. The van der Waals surface area contributed by atoms with Crippen LogP contribution in [0.3, 0.4) is 0 Å². The normalized spacial score (nSPS) is 21.3. The van der Waals surface area contributed by atoms with Gasteiger partial charge in [-0.05, 0) is 67.3 Å². The number of hydrogen-bond acceptors (Lipinski definition) is 13. The minimum Gasteiger partial charge on any atom is -0.369 e. The molecule has 6 aromatic rings. The number of piperidine rings is 1. The third-order valence-corrected chi connectivity index (χ3v) is 12.2. The Morgan fingerprint density at radius 2 is 1.61 bits per heavy atom. The number of rotatable bonds is 10. The van der Waals surface area contributed by atoms with Crippen molar-refractivity contribution in [1.29, 1.82) is 0 Å². The summed E-state index contributed by atoms with van der Waals surface area (Å²) in [6.45, 7) is 5.45. The molecule has 3 amide bonds. The molecule has 1 unspecified atom stereocenters. The highest BCUT2D eigenvalue weighted by Gasteiger charge is 2.35. The summed E-state index contributed by atoms with van der Waals surface area (Å²) in [6, 6.07) is 23.7. The van der Waals surface area contributed by atoms with Crippen molar-refractivity contribution in [2.45, 2.75) is 56.3 Å². The lowest BCUT2D eigenvalue weighted by Gasteiger charge is -2.49. The van der Waals surface area contributed by atoms with Crippen molar-refractivity contribution < 1.29 is 14.4 Å². The van der Waals surface area contributed by atoms with Crippen molar-refractivity contribution in [2.24, 2.45) is 0 Å². The summed E-state index contributed by atoms with van der Waals surface area (Å²) in [7, 11) is 0. The van der Waals surface area contributed by atoms with E-state index in [1.165, 1.54) is 5.69 Å². The van der Waals surface area contributed by atoms with Crippen molar-refractivity contribution in [2.75, 3.05) is 54.4 Å². The van der Waals surface area contributed by atoms with Gasteiger partial charge < -0.3 is 25.0 Å². The Balaban J connectivity index is 0.709. The number of aromatic nitrogens is 7. The van der Waals surface area contributed by atoms with E-state index in [0.29, 0.717) is 34.7 Å². The molecule has 1 saturated carbocycles. The number of nitrogens with zero attached hydrogens (tertiary/aromatic N) is 10. The predicted molar refractivity (Wildman–Crippen MR) is 220 cm³/mol. The van der Waals surface area contributed by atoms with Gasteiger partial charge >= 0.3 is 0 Å². The second-order valence-electron chi connectivity index (χ2n) is 15.9. The van der Waals surface area contributed by atoms with Gasteiger partial charge in [-0.3, -0.25) is 29.4 Å². The molecular weight excluding hydrogens is 751 g/mol. The van der Waals surface area contributed by atoms with Crippen LogP contribution >= 0.6 is 0 Å². The van der Waals surface area contributed by atoms with Gasteiger partial charge in [0.2, 0.25) is 11.8 Å². The molecule has 6 heterocycles. The first-order chi connectivity index (χ1) is 28.8. The fourth-order valence-electron chi connectivity index (χ4n) is 8.70. The number of imide groups is 1. The van der Waals surface area contributed by atoms with Gasteiger partial charge in [-0.25, -0.2) is 15.0 Å². The summed E-state index contributed by atoms with van der Waals surface area (Å²) in [6.07, 6.45) is 5.81. The Hall–Kier alpha value is -6.75. The summed E-state index contributed by atoms with van der Waals surface area (Å²) in [4.78, 5) is 70.9. The quantitative estimate of drug-likeness (QED) is 0.172. The van der Waals surface area contributed by atoms with E-state index in [0.717, 1.165) is 79.4 Å². The molecule has 3 aromatic heterocycles. The molecule has 0 spiro atoms. The highest BCUT2D eigenvalue weighted by atomic mass is 16.2. The first kappa shape index (κ1) is 36.6. The van der Waals surface area contributed by atoms with E-state index in [4.69, 9.17) is 0 Å². The number of hydrogen-bond donors (Lipinski definition) is 3. The van der Waals surface area contributed by atoms with Crippen LogP contribution in [-0.4, -0.2) is 108 Å². The molecule has 4 fully saturated rings. The number of carbonyl (C=O) groups excluding carboxylic acids is 3. The monoisotopic (exact) mass is 793 g/mol. The summed E-state index contributed by atoms with van der Waals surface area (Å²) in [5, 5.41) is 17.5. The van der Waals surface area contributed by atoms with E-state index in [2.05, 4.69) is 84.7 Å². The van der Waals surface area contributed by atoms with E-state index in [1.54, 1.807) is 12.4 Å². The van der Waals surface area contributed by atoms with Crippen LogP contribution in [0.2, 0.25) is 0 Å². The Kier molecular flexibility index (Phi) is 9.43. The summed E-state index contributed by atoms with van der Waals surface area (Å²) < 4.78 is 3.20. The van der Waals surface area contributed by atoms with Gasteiger partial charge in [0.1, 0.15) is 17.9 Å². The summed E-state index contributed by atoms with van der Waals surface area (Å²) in [5.41, 5.74) is 5.59. The molecule has 17 heteroatoms. The number of fused-ring (bicyclic) bond motifs is 2. The van der Waals surface area contributed by atoms with Gasteiger partial charge in [0.15, 0.2) is 17.0 Å². The predicted octanol–water partition coefficient (Wildman–Crippen LogP) is 2.73. The number of anilines is 4. The lowest BCUT2D eigenvalue weighted by atomic mass is 9.86. The molecule has 3 aromatic carbocycles. The first-order valence-electron chi connectivity index (χ1n) is 20.2.